The van der Waals surface area contributed by atoms with Gasteiger partial charge in [0, 0.05) is 6.42 Å². The average Bonchev–Trinajstić information content (AvgIpc) is 2.55. The number of hydrogen-bond donors (Lipinski definition) is 6. The molecule has 0 aliphatic rings. The van der Waals surface area contributed by atoms with Crippen LogP contribution in [-0.4, -0.2) is 49.6 Å². The predicted molar refractivity (Wildman–Crippen MR) is 97.0 cm³/mol. The summed E-state index contributed by atoms with van der Waals surface area (Å²) in [5.41, 5.74) is 0.702. The van der Waals surface area contributed by atoms with Crippen molar-refractivity contribution < 1.29 is 36.8 Å². The molecule has 2 rings (SSSR count). The molecule has 9 nitrogen and oxygen atoms in total. The number of aliphatic carboxylic acids is 1. The minimum Gasteiger partial charge on any atom is -0.508 e. The number of benzene rings is 2. The number of rotatable bonds is 5. The molecule has 0 aliphatic carbocycles. The standard InChI is InChI=1S/C9H10O3.C8H10AsNO5/c10-8-4-1-7(2-5-8)3-6-9(11)12;1-5(11)10-8-6(9(13,14)15)3-2-4-7(8)12/h1-2,4-5,10H,3,6H2,(H,11,12);2-4,12H,1H3,(H,10,11)(H2,13,14,15). The SMILES string of the molecule is CC(=O)Nc1c(O)cccc1[As](=O)(O)O.O=C(O)CCc1ccc(O)cc1. The molecule has 0 heterocycles. The fraction of sp³-hybridized carbons (Fsp3) is 0.176. The number of phenolic OH excluding ortho intramolecular Hbond substituents is 2. The van der Waals surface area contributed by atoms with E-state index in [9.17, 15) is 18.4 Å². The van der Waals surface area contributed by atoms with Crippen LogP contribution in [0.1, 0.15) is 18.9 Å². The number of aryl methyl sites for hydroxylation is 1. The van der Waals surface area contributed by atoms with E-state index in [1.165, 1.54) is 25.1 Å². The largest absolute Gasteiger partial charge is 0.508 e. The van der Waals surface area contributed by atoms with Gasteiger partial charge in [-0.05, 0) is 24.1 Å². The van der Waals surface area contributed by atoms with E-state index >= 15 is 0 Å². The zero-order chi connectivity index (χ0) is 20.6. The topological polar surface area (TPSA) is 164 Å². The first-order valence-electron chi connectivity index (χ1n) is 7.66. The summed E-state index contributed by atoms with van der Waals surface area (Å²) in [6.45, 7) is 1.18. The summed E-state index contributed by atoms with van der Waals surface area (Å²) in [5, 5.41) is 28.8. The smallest absolute Gasteiger partial charge is 0.303 e. The molecule has 6 N–H and O–H groups in total. The van der Waals surface area contributed by atoms with Crippen LogP contribution in [-0.2, 0) is 19.7 Å². The fourth-order valence-electron chi connectivity index (χ4n) is 1.99. The molecule has 0 spiro atoms. The number of phenols is 2. The Labute approximate surface area is 157 Å². The predicted octanol–water partition coefficient (Wildman–Crippen LogP) is 0.321. The van der Waals surface area contributed by atoms with Crippen molar-refractivity contribution in [1.82, 2.24) is 0 Å². The maximum atomic E-state index is 11.1. The van der Waals surface area contributed by atoms with Crippen molar-refractivity contribution >= 4 is 36.1 Å². The number of nitrogens with one attached hydrogen (secondary N) is 1. The normalized spacial score (nSPS) is 10.5. The van der Waals surface area contributed by atoms with Gasteiger partial charge in [0.1, 0.15) is 5.75 Å². The first-order valence-corrected chi connectivity index (χ1v) is 11.0. The number of carbonyl (C=O) groups excluding carboxylic acids is 1. The van der Waals surface area contributed by atoms with Crippen LogP contribution in [0.3, 0.4) is 0 Å². The van der Waals surface area contributed by atoms with Crippen molar-refractivity contribution in [2.24, 2.45) is 0 Å². The van der Waals surface area contributed by atoms with Crippen molar-refractivity contribution in [3.63, 3.8) is 0 Å². The summed E-state index contributed by atoms with van der Waals surface area (Å²) in [6, 6.07) is 10.3. The molecule has 0 saturated heterocycles. The number of hydrogen-bond acceptors (Lipinski definition) is 5. The van der Waals surface area contributed by atoms with E-state index in [0.29, 0.717) is 6.42 Å². The van der Waals surface area contributed by atoms with Gasteiger partial charge in [0.15, 0.2) is 0 Å². The monoisotopic (exact) mass is 441 g/mol. The molecule has 2 aromatic rings. The maximum Gasteiger partial charge on any atom is 0.303 e. The van der Waals surface area contributed by atoms with Crippen LogP contribution in [0.15, 0.2) is 42.5 Å². The molecule has 0 aromatic heterocycles. The zero-order valence-electron chi connectivity index (χ0n) is 14.4. The second-order valence-electron chi connectivity index (χ2n) is 5.46. The van der Waals surface area contributed by atoms with Gasteiger partial charge in [-0.15, -0.1) is 0 Å². The number of carboxylic acid groups (broad SMARTS) is 1. The van der Waals surface area contributed by atoms with E-state index < -0.39 is 26.0 Å². The van der Waals surface area contributed by atoms with E-state index in [1.54, 1.807) is 24.3 Å². The first kappa shape index (κ1) is 22.3. The summed E-state index contributed by atoms with van der Waals surface area (Å²) < 4.78 is 28.8. The molecule has 0 aliphatic heterocycles. The molecule has 146 valence electrons. The third-order valence-corrected chi connectivity index (χ3v) is 5.30. The molecule has 0 atom stereocenters. The van der Waals surface area contributed by atoms with Gasteiger partial charge >= 0.3 is 94.1 Å². The Morgan fingerprint density at radius 3 is 2.11 bits per heavy atom. The van der Waals surface area contributed by atoms with Gasteiger partial charge in [0.2, 0.25) is 0 Å². The zero-order valence-corrected chi connectivity index (χ0v) is 16.2. The van der Waals surface area contributed by atoms with Gasteiger partial charge in [0.25, 0.3) is 0 Å². The number of aromatic hydroxyl groups is 2. The minimum absolute atomic E-state index is 0.130. The Balaban J connectivity index is 0.000000277. The van der Waals surface area contributed by atoms with Crippen LogP contribution in [0.2, 0.25) is 0 Å². The van der Waals surface area contributed by atoms with Crippen LogP contribution in [0.4, 0.5) is 5.69 Å². The number of amides is 1. The van der Waals surface area contributed by atoms with Crippen molar-refractivity contribution in [2.75, 3.05) is 5.32 Å². The fourth-order valence-corrected chi connectivity index (χ4v) is 3.55. The molecular formula is C17H20AsNO8. The van der Waals surface area contributed by atoms with Gasteiger partial charge in [-0.25, -0.2) is 0 Å². The molecular weight excluding hydrogens is 421 g/mol. The molecule has 2 aromatic carbocycles. The van der Waals surface area contributed by atoms with Gasteiger partial charge in [-0.3, -0.25) is 4.79 Å². The molecule has 0 saturated carbocycles. The molecule has 0 radical (unpaired) electrons. The van der Waals surface area contributed by atoms with Crippen LogP contribution in [0, 0.1) is 0 Å². The third-order valence-electron chi connectivity index (χ3n) is 3.20. The summed E-state index contributed by atoms with van der Waals surface area (Å²) in [4.78, 5) is 21.0. The Bertz CT molecular complexity index is 845. The number of para-hydroxylation sites is 1. The number of carbonyl (C=O) groups is 2. The van der Waals surface area contributed by atoms with Crippen LogP contribution < -0.4 is 9.67 Å². The van der Waals surface area contributed by atoms with Crippen molar-refractivity contribution in [1.29, 1.82) is 0 Å². The van der Waals surface area contributed by atoms with E-state index in [-0.39, 0.29) is 28.0 Å². The second-order valence-corrected chi connectivity index (χ2v) is 8.75. The van der Waals surface area contributed by atoms with Crippen LogP contribution in [0.5, 0.6) is 11.5 Å². The number of anilines is 1. The Hall–Kier alpha value is -2.74. The van der Waals surface area contributed by atoms with Gasteiger partial charge in [-0.2, -0.15) is 0 Å². The third kappa shape index (κ3) is 8.00. The van der Waals surface area contributed by atoms with Gasteiger partial charge < -0.3 is 10.2 Å². The van der Waals surface area contributed by atoms with E-state index in [0.717, 1.165) is 5.56 Å². The summed E-state index contributed by atoms with van der Waals surface area (Å²) in [5.74, 6) is -1.48. The van der Waals surface area contributed by atoms with Crippen molar-refractivity contribution in [3.05, 3.63) is 48.0 Å². The summed E-state index contributed by atoms with van der Waals surface area (Å²) >= 11 is -5.14. The van der Waals surface area contributed by atoms with Crippen molar-refractivity contribution in [2.45, 2.75) is 19.8 Å². The Morgan fingerprint density at radius 2 is 1.63 bits per heavy atom. The van der Waals surface area contributed by atoms with E-state index in [4.69, 9.17) is 18.4 Å². The van der Waals surface area contributed by atoms with E-state index in [2.05, 4.69) is 5.32 Å². The summed E-state index contributed by atoms with van der Waals surface area (Å²) in [6.07, 6.45) is 0.639. The first-order chi connectivity index (χ1) is 12.5. The van der Waals surface area contributed by atoms with Gasteiger partial charge in [-0.1, -0.05) is 12.1 Å². The van der Waals surface area contributed by atoms with E-state index in [1.807, 2.05) is 0 Å². The molecule has 10 heteroatoms. The Morgan fingerprint density at radius 1 is 1.04 bits per heavy atom. The van der Waals surface area contributed by atoms with Crippen LogP contribution in [0.25, 0.3) is 0 Å². The van der Waals surface area contributed by atoms with Crippen LogP contribution >= 0.6 is 0 Å². The summed E-state index contributed by atoms with van der Waals surface area (Å²) in [7, 11) is 0. The quantitative estimate of drug-likeness (QED) is 0.285. The molecule has 27 heavy (non-hydrogen) atoms. The molecule has 0 unspecified atom stereocenters. The molecule has 0 fully saturated rings. The minimum atomic E-state index is -5.14. The second kappa shape index (κ2) is 9.82. The molecule has 1 amide bonds. The maximum absolute atomic E-state index is 11.1. The number of carboxylic acids is 1. The average molecular weight is 441 g/mol. The molecule has 0 bridgehead atoms. The van der Waals surface area contributed by atoms with Crippen molar-refractivity contribution in [3.8, 4) is 11.5 Å². The van der Waals surface area contributed by atoms with Gasteiger partial charge in [0.05, 0.1) is 0 Å². The Kier molecular flexibility index (Phi) is 8.11.